The Labute approximate surface area is 86.5 Å². The summed E-state index contributed by atoms with van der Waals surface area (Å²) in [6, 6.07) is 0. The number of rotatable bonds is 4. The molecule has 1 atom stereocenters. The standard InChI is InChI=1S/C7H12ClN5O/c1-4(14)2-3-10-7-12-5(8)11-6(9)13-7/h4,14H,2-3H2,1H3,(H3,9,10,11,12,13). The highest BCUT2D eigenvalue weighted by atomic mass is 35.5. The molecule has 1 unspecified atom stereocenters. The van der Waals surface area contributed by atoms with Gasteiger partial charge in [0.15, 0.2) is 0 Å². The smallest absolute Gasteiger partial charge is 0.228 e. The van der Waals surface area contributed by atoms with Gasteiger partial charge >= 0.3 is 0 Å². The lowest BCUT2D eigenvalue weighted by Crippen LogP contribution is -2.12. The third kappa shape index (κ3) is 3.71. The number of aliphatic hydroxyl groups is 1. The van der Waals surface area contributed by atoms with E-state index in [2.05, 4.69) is 20.3 Å². The summed E-state index contributed by atoms with van der Waals surface area (Å²) in [7, 11) is 0. The van der Waals surface area contributed by atoms with Crippen molar-refractivity contribution in [3.8, 4) is 0 Å². The van der Waals surface area contributed by atoms with Gasteiger partial charge in [-0.25, -0.2) is 0 Å². The Morgan fingerprint density at radius 2 is 2.21 bits per heavy atom. The molecule has 4 N–H and O–H groups in total. The highest BCUT2D eigenvalue weighted by Crippen LogP contribution is 2.06. The lowest BCUT2D eigenvalue weighted by molar-refractivity contribution is 0.188. The van der Waals surface area contributed by atoms with E-state index in [9.17, 15) is 0 Å². The van der Waals surface area contributed by atoms with Gasteiger partial charge in [-0.15, -0.1) is 0 Å². The third-order valence-electron chi connectivity index (χ3n) is 1.47. The summed E-state index contributed by atoms with van der Waals surface area (Å²) in [6.45, 7) is 2.26. The van der Waals surface area contributed by atoms with Crippen LogP contribution in [0.1, 0.15) is 13.3 Å². The first-order valence-electron chi connectivity index (χ1n) is 4.17. The number of halogens is 1. The van der Waals surface area contributed by atoms with Gasteiger partial charge in [-0.2, -0.15) is 15.0 Å². The molecule has 1 heterocycles. The quantitative estimate of drug-likeness (QED) is 0.671. The molecule has 0 aliphatic rings. The molecule has 0 amide bonds. The molecule has 0 fully saturated rings. The molecule has 0 aliphatic carbocycles. The lowest BCUT2D eigenvalue weighted by atomic mass is 10.3. The highest BCUT2D eigenvalue weighted by molar-refractivity contribution is 6.28. The van der Waals surface area contributed by atoms with E-state index in [1.165, 1.54) is 0 Å². The molecule has 78 valence electrons. The minimum Gasteiger partial charge on any atom is -0.393 e. The fourth-order valence-corrected chi connectivity index (χ4v) is 1.00. The van der Waals surface area contributed by atoms with Crippen molar-refractivity contribution in [1.82, 2.24) is 15.0 Å². The van der Waals surface area contributed by atoms with Crippen LogP contribution in [0.5, 0.6) is 0 Å². The van der Waals surface area contributed by atoms with Crippen molar-refractivity contribution < 1.29 is 5.11 Å². The number of nitrogen functional groups attached to an aromatic ring is 1. The Hall–Kier alpha value is -1.14. The SMILES string of the molecule is CC(O)CCNc1nc(N)nc(Cl)n1. The largest absolute Gasteiger partial charge is 0.393 e. The third-order valence-corrected chi connectivity index (χ3v) is 1.64. The van der Waals surface area contributed by atoms with Gasteiger partial charge < -0.3 is 16.2 Å². The average Bonchev–Trinajstić information content (AvgIpc) is 2.01. The van der Waals surface area contributed by atoms with Crippen LogP contribution in [0.2, 0.25) is 5.28 Å². The molecule has 14 heavy (non-hydrogen) atoms. The predicted octanol–water partition coefficient (Wildman–Crippen LogP) is 0.290. The van der Waals surface area contributed by atoms with E-state index in [0.29, 0.717) is 18.9 Å². The summed E-state index contributed by atoms with van der Waals surface area (Å²) >= 11 is 5.56. The van der Waals surface area contributed by atoms with Crippen LogP contribution in [0.25, 0.3) is 0 Å². The number of hydrogen-bond donors (Lipinski definition) is 3. The first kappa shape index (κ1) is 10.9. The van der Waals surface area contributed by atoms with Crippen molar-refractivity contribution in [3.63, 3.8) is 0 Å². The van der Waals surface area contributed by atoms with Crippen LogP contribution in [-0.2, 0) is 0 Å². The van der Waals surface area contributed by atoms with Crippen LogP contribution >= 0.6 is 11.6 Å². The maximum atomic E-state index is 9.00. The molecule has 0 bridgehead atoms. The monoisotopic (exact) mass is 217 g/mol. The molecule has 6 nitrogen and oxygen atoms in total. The van der Waals surface area contributed by atoms with Crippen LogP contribution < -0.4 is 11.1 Å². The summed E-state index contributed by atoms with van der Waals surface area (Å²) in [5.41, 5.74) is 5.35. The second-order valence-electron chi connectivity index (χ2n) is 2.85. The summed E-state index contributed by atoms with van der Waals surface area (Å²) in [5, 5.41) is 11.9. The number of nitrogens with two attached hydrogens (primary N) is 1. The van der Waals surface area contributed by atoms with Crippen LogP contribution in [0.15, 0.2) is 0 Å². The van der Waals surface area contributed by atoms with E-state index in [1.54, 1.807) is 6.92 Å². The minimum absolute atomic E-state index is 0.0528. The maximum Gasteiger partial charge on any atom is 0.228 e. The van der Waals surface area contributed by atoms with Crippen LogP contribution in [0.3, 0.4) is 0 Å². The molecule has 1 rings (SSSR count). The summed E-state index contributed by atoms with van der Waals surface area (Å²) < 4.78 is 0. The van der Waals surface area contributed by atoms with Gasteiger partial charge in [-0.3, -0.25) is 0 Å². The summed E-state index contributed by atoms with van der Waals surface area (Å²) in [6.07, 6.45) is 0.237. The molecule has 0 spiro atoms. The Kier molecular flexibility index (Phi) is 3.84. The molecule has 0 saturated carbocycles. The summed E-state index contributed by atoms with van der Waals surface area (Å²) in [5.74, 6) is 0.396. The van der Waals surface area contributed by atoms with E-state index in [-0.39, 0.29) is 17.3 Å². The number of aliphatic hydroxyl groups excluding tert-OH is 1. The van der Waals surface area contributed by atoms with Crippen molar-refractivity contribution in [1.29, 1.82) is 0 Å². The van der Waals surface area contributed by atoms with E-state index in [0.717, 1.165) is 0 Å². The normalized spacial score (nSPS) is 12.5. The second-order valence-corrected chi connectivity index (χ2v) is 3.19. The Morgan fingerprint density at radius 3 is 2.79 bits per heavy atom. The zero-order chi connectivity index (χ0) is 10.6. The zero-order valence-electron chi connectivity index (χ0n) is 7.74. The zero-order valence-corrected chi connectivity index (χ0v) is 8.49. The van der Waals surface area contributed by atoms with Crippen molar-refractivity contribution in [2.24, 2.45) is 0 Å². The Bertz CT molecular complexity index is 286. The highest BCUT2D eigenvalue weighted by Gasteiger charge is 2.02. The molecule has 0 aromatic carbocycles. The van der Waals surface area contributed by atoms with Crippen molar-refractivity contribution in [2.75, 3.05) is 17.6 Å². The van der Waals surface area contributed by atoms with Crippen LogP contribution in [-0.4, -0.2) is 32.7 Å². The van der Waals surface area contributed by atoms with E-state index < -0.39 is 0 Å². The molecule has 0 aliphatic heterocycles. The van der Waals surface area contributed by atoms with Gasteiger partial charge in [0.2, 0.25) is 17.2 Å². The topological polar surface area (TPSA) is 97.0 Å². The van der Waals surface area contributed by atoms with Crippen molar-refractivity contribution in [3.05, 3.63) is 5.28 Å². The fourth-order valence-electron chi connectivity index (χ4n) is 0.837. The second kappa shape index (κ2) is 4.92. The average molecular weight is 218 g/mol. The van der Waals surface area contributed by atoms with Crippen LogP contribution in [0.4, 0.5) is 11.9 Å². The Balaban J connectivity index is 2.50. The molecule has 7 heteroatoms. The molecule has 1 aromatic heterocycles. The van der Waals surface area contributed by atoms with E-state index >= 15 is 0 Å². The molecular formula is C7H12ClN5O. The molecule has 0 radical (unpaired) electrons. The number of aromatic nitrogens is 3. The lowest BCUT2D eigenvalue weighted by Gasteiger charge is -2.06. The number of hydrogen-bond acceptors (Lipinski definition) is 6. The van der Waals surface area contributed by atoms with Gasteiger partial charge in [0.05, 0.1) is 6.10 Å². The number of anilines is 2. The van der Waals surface area contributed by atoms with Crippen molar-refractivity contribution in [2.45, 2.75) is 19.4 Å². The van der Waals surface area contributed by atoms with Gasteiger partial charge in [-0.05, 0) is 24.9 Å². The van der Waals surface area contributed by atoms with Gasteiger partial charge in [0.25, 0.3) is 0 Å². The molecule has 0 saturated heterocycles. The predicted molar refractivity (Wildman–Crippen MR) is 54.0 cm³/mol. The number of nitrogens with one attached hydrogen (secondary N) is 1. The summed E-state index contributed by atoms with van der Waals surface area (Å²) in [4.78, 5) is 11.2. The maximum absolute atomic E-state index is 9.00. The van der Waals surface area contributed by atoms with Crippen LogP contribution in [0, 0.1) is 0 Å². The fraction of sp³-hybridized carbons (Fsp3) is 0.571. The van der Waals surface area contributed by atoms with Gasteiger partial charge in [0, 0.05) is 6.54 Å². The minimum atomic E-state index is -0.364. The van der Waals surface area contributed by atoms with E-state index in [4.69, 9.17) is 22.4 Å². The first-order valence-corrected chi connectivity index (χ1v) is 4.54. The van der Waals surface area contributed by atoms with E-state index in [1.807, 2.05) is 0 Å². The van der Waals surface area contributed by atoms with Crippen molar-refractivity contribution >= 4 is 23.5 Å². The first-order chi connectivity index (χ1) is 6.58. The number of nitrogens with zero attached hydrogens (tertiary/aromatic N) is 3. The molecular weight excluding hydrogens is 206 g/mol. The Morgan fingerprint density at radius 1 is 1.50 bits per heavy atom. The molecule has 1 aromatic rings. The van der Waals surface area contributed by atoms with Gasteiger partial charge in [0.1, 0.15) is 0 Å². The van der Waals surface area contributed by atoms with Gasteiger partial charge in [-0.1, -0.05) is 0 Å².